The number of halogens is 3. The molecule has 4 rings (SSSR count). The Morgan fingerprint density at radius 2 is 1.44 bits per heavy atom. The SMILES string of the molecule is NS(=O)(=O)c1ccc(-c2oc3ccccc3c(=O)c2-c2ccc(OC(F)(F)F)cc2)cc1. The zero-order chi connectivity index (χ0) is 23.1. The highest BCUT2D eigenvalue weighted by atomic mass is 32.2. The quantitative estimate of drug-likeness (QED) is 0.476. The van der Waals surface area contributed by atoms with Gasteiger partial charge in [0.25, 0.3) is 0 Å². The molecule has 0 unspecified atom stereocenters. The van der Waals surface area contributed by atoms with Gasteiger partial charge in [-0.05, 0) is 54.1 Å². The Morgan fingerprint density at radius 3 is 2.03 bits per heavy atom. The van der Waals surface area contributed by atoms with E-state index in [-0.39, 0.29) is 21.6 Å². The molecule has 0 fully saturated rings. The Hall–Kier alpha value is -3.63. The lowest BCUT2D eigenvalue weighted by Gasteiger charge is -2.12. The fourth-order valence-electron chi connectivity index (χ4n) is 3.23. The van der Waals surface area contributed by atoms with Crippen molar-refractivity contribution < 1.29 is 30.7 Å². The van der Waals surface area contributed by atoms with E-state index in [4.69, 9.17) is 9.56 Å². The summed E-state index contributed by atoms with van der Waals surface area (Å²) in [6.07, 6.45) is -4.85. The first kappa shape index (κ1) is 21.6. The smallest absolute Gasteiger partial charge is 0.455 e. The van der Waals surface area contributed by atoms with E-state index in [1.807, 2.05) is 0 Å². The summed E-state index contributed by atoms with van der Waals surface area (Å²) < 4.78 is 70.3. The number of hydrogen-bond acceptors (Lipinski definition) is 5. The summed E-state index contributed by atoms with van der Waals surface area (Å²) in [5.41, 5.74) is 0.673. The highest BCUT2D eigenvalue weighted by Gasteiger charge is 2.31. The number of rotatable bonds is 4. The number of nitrogens with two attached hydrogens (primary N) is 1. The molecule has 0 amide bonds. The second-order valence-corrected chi connectivity index (χ2v) is 8.33. The van der Waals surface area contributed by atoms with Crippen LogP contribution < -0.4 is 15.3 Å². The fraction of sp³-hybridized carbons (Fsp3) is 0.0455. The fourth-order valence-corrected chi connectivity index (χ4v) is 3.74. The first-order valence-corrected chi connectivity index (χ1v) is 10.6. The number of fused-ring (bicyclic) bond motifs is 1. The Labute approximate surface area is 179 Å². The van der Waals surface area contributed by atoms with Gasteiger partial charge in [0, 0.05) is 5.56 Å². The molecule has 0 saturated heterocycles. The van der Waals surface area contributed by atoms with Crippen LogP contribution in [0.4, 0.5) is 13.2 Å². The van der Waals surface area contributed by atoms with Gasteiger partial charge in [-0.15, -0.1) is 13.2 Å². The van der Waals surface area contributed by atoms with Crippen LogP contribution in [-0.4, -0.2) is 14.8 Å². The minimum atomic E-state index is -4.85. The van der Waals surface area contributed by atoms with Crippen molar-refractivity contribution in [2.75, 3.05) is 0 Å². The molecular formula is C22H14F3NO5S. The number of hydrogen-bond donors (Lipinski definition) is 1. The summed E-state index contributed by atoms with van der Waals surface area (Å²) in [4.78, 5) is 13.2. The number of sulfonamides is 1. The minimum Gasteiger partial charge on any atom is -0.455 e. The van der Waals surface area contributed by atoms with Crippen LogP contribution in [0.25, 0.3) is 33.4 Å². The molecule has 0 spiro atoms. The van der Waals surface area contributed by atoms with Crippen molar-refractivity contribution >= 4 is 21.0 Å². The molecule has 0 bridgehead atoms. The molecule has 1 heterocycles. The van der Waals surface area contributed by atoms with Crippen LogP contribution >= 0.6 is 0 Å². The molecule has 0 saturated carbocycles. The van der Waals surface area contributed by atoms with Gasteiger partial charge >= 0.3 is 6.36 Å². The minimum absolute atomic E-state index is 0.102. The van der Waals surface area contributed by atoms with E-state index in [2.05, 4.69) is 4.74 Å². The van der Waals surface area contributed by atoms with Crippen molar-refractivity contribution in [1.29, 1.82) is 0 Å². The van der Waals surface area contributed by atoms with Crippen molar-refractivity contribution in [3.05, 3.63) is 83.0 Å². The molecule has 3 aromatic carbocycles. The Balaban J connectivity index is 1.91. The average molecular weight is 461 g/mol. The number of para-hydroxylation sites is 1. The van der Waals surface area contributed by atoms with Crippen LogP contribution in [0.2, 0.25) is 0 Å². The lowest BCUT2D eigenvalue weighted by Crippen LogP contribution is -2.17. The molecule has 0 atom stereocenters. The van der Waals surface area contributed by atoms with E-state index in [1.165, 1.54) is 36.4 Å². The standard InChI is InChI=1S/C22H14F3NO5S/c23-22(24,25)31-15-9-5-13(6-10-15)19-20(27)17-3-1-2-4-18(17)30-21(19)14-7-11-16(12-8-14)32(26,28)29/h1-12H,(H2,26,28,29). The molecule has 2 N–H and O–H groups in total. The first-order valence-electron chi connectivity index (χ1n) is 9.08. The third-order valence-corrected chi connectivity index (χ3v) is 5.55. The molecule has 6 nitrogen and oxygen atoms in total. The normalized spacial score (nSPS) is 12.1. The van der Waals surface area contributed by atoms with E-state index in [1.54, 1.807) is 24.3 Å². The van der Waals surface area contributed by atoms with Gasteiger partial charge in [0.05, 0.1) is 15.8 Å². The van der Waals surface area contributed by atoms with E-state index in [0.29, 0.717) is 16.7 Å². The molecule has 0 aliphatic carbocycles. The molecule has 1 aromatic heterocycles. The predicted octanol–water partition coefficient (Wildman–Crippen LogP) is 4.67. The Kier molecular flexibility index (Phi) is 5.27. The van der Waals surface area contributed by atoms with Crippen LogP contribution in [0.1, 0.15) is 0 Å². The lowest BCUT2D eigenvalue weighted by molar-refractivity contribution is -0.274. The Morgan fingerprint density at radius 1 is 0.844 bits per heavy atom. The summed E-state index contributed by atoms with van der Waals surface area (Å²) in [6, 6.07) is 16.7. The van der Waals surface area contributed by atoms with Gasteiger partial charge in [0.15, 0.2) is 0 Å². The van der Waals surface area contributed by atoms with Crippen LogP contribution in [0.5, 0.6) is 5.75 Å². The molecule has 32 heavy (non-hydrogen) atoms. The van der Waals surface area contributed by atoms with E-state index in [0.717, 1.165) is 12.1 Å². The number of benzene rings is 3. The number of primary sulfonamides is 1. The van der Waals surface area contributed by atoms with Crippen LogP contribution in [0, 0.1) is 0 Å². The highest BCUT2D eigenvalue weighted by molar-refractivity contribution is 7.89. The molecule has 0 aliphatic heterocycles. The van der Waals surface area contributed by atoms with Crippen LogP contribution in [-0.2, 0) is 10.0 Å². The van der Waals surface area contributed by atoms with Gasteiger partial charge in [0.1, 0.15) is 17.1 Å². The van der Waals surface area contributed by atoms with E-state index < -0.39 is 27.6 Å². The maximum Gasteiger partial charge on any atom is 0.573 e. The average Bonchev–Trinajstić information content (AvgIpc) is 2.73. The van der Waals surface area contributed by atoms with E-state index >= 15 is 0 Å². The van der Waals surface area contributed by atoms with Crippen molar-refractivity contribution in [2.45, 2.75) is 11.3 Å². The molecule has 0 radical (unpaired) electrons. The lowest BCUT2D eigenvalue weighted by atomic mass is 9.98. The van der Waals surface area contributed by atoms with Gasteiger partial charge in [-0.2, -0.15) is 0 Å². The summed E-state index contributed by atoms with van der Waals surface area (Å²) in [7, 11) is -3.92. The van der Waals surface area contributed by atoms with Gasteiger partial charge in [-0.1, -0.05) is 24.3 Å². The number of alkyl halides is 3. The zero-order valence-corrected chi connectivity index (χ0v) is 16.9. The van der Waals surface area contributed by atoms with Crippen molar-refractivity contribution in [2.24, 2.45) is 5.14 Å². The first-order chi connectivity index (χ1) is 15.0. The monoisotopic (exact) mass is 461 g/mol. The predicted molar refractivity (Wildman–Crippen MR) is 111 cm³/mol. The van der Waals surface area contributed by atoms with Crippen molar-refractivity contribution in [3.8, 4) is 28.2 Å². The largest absolute Gasteiger partial charge is 0.573 e. The number of ether oxygens (including phenoxy) is 1. The second-order valence-electron chi connectivity index (χ2n) is 6.77. The molecule has 0 aliphatic rings. The van der Waals surface area contributed by atoms with Crippen molar-refractivity contribution in [3.63, 3.8) is 0 Å². The van der Waals surface area contributed by atoms with Gasteiger partial charge < -0.3 is 9.15 Å². The Bertz CT molecular complexity index is 1460. The maximum atomic E-state index is 13.3. The zero-order valence-electron chi connectivity index (χ0n) is 16.1. The van der Waals surface area contributed by atoms with E-state index in [9.17, 15) is 26.4 Å². The van der Waals surface area contributed by atoms with Gasteiger partial charge in [-0.25, -0.2) is 13.6 Å². The third kappa shape index (κ3) is 4.36. The third-order valence-electron chi connectivity index (χ3n) is 4.62. The summed E-state index contributed by atoms with van der Waals surface area (Å²) >= 11 is 0. The summed E-state index contributed by atoms with van der Waals surface area (Å²) in [5, 5.41) is 5.41. The molecular weight excluding hydrogens is 447 g/mol. The van der Waals surface area contributed by atoms with Gasteiger partial charge in [0.2, 0.25) is 15.5 Å². The molecule has 4 aromatic rings. The second kappa shape index (κ2) is 7.81. The highest BCUT2D eigenvalue weighted by Crippen LogP contribution is 2.34. The van der Waals surface area contributed by atoms with Crippen molar-refractivity contribution in [1.82, 2.24) is 0 Å². The molecule has 164 valence electrons. The summed E-state index contributed by atoms with van der Waals surface area (Å²) in [6.45, 7) is 0. The maximum absolute atomic E-state index is 13.3. The summed E-state index contributed by atoms with van der Waals surface area (Å²) in [5.74, 6) is -0.315. The van der Waals surface area contributed by atoms with Crippen LogP contribution in [0.15, 0.2) is 86.9 Å². The van der Waals surface area contributed by atoms with Crippen LogP contribution in [0.3, 0.4) is 0 Å². The molecule has 10 heteroatoms. The topological polar surface area (TPSA) is 99.6 Å². The van der Waals surface area contributed by atoms with Gasteiger partial charge in [-0.3, -0.25) is 4.79 Å².